The quantitative estimate of drug-likeness (QED) is 0.909. The number of nitrogens with two attached hydrogens (primary N) is 1. The van der Waals surface area contributed by atoms with Crippen LogP contribution in [0.4, 0.5) is 0 Å². The summed E-state index contributed by atoms with van der Waals surface area (Å²) in [5.41, 5.74) is 6.43. The van der Waals surface area contributed by atoms with E-state index in [2.05, 4.69) is 0 Å². The fourth-order valence-electron chi connectivity index (χ4n) is 3.33. The number of rotatable bonds is 5. The minimum Gasteiger partial charge on any atom is -0.461 e. The number of carbonyl (C=O) groups excluding carboxylic acids is 2. The molecule has 5 nitrogen and oxygen atoms in total. The van der Waals surface area contributed by atoms with Crippen molar-refractivity contribution in [2.45, 2.75) is 38.6 Å². The van der Waals surface area contributed by atoms with Crippen LogP contribution in [-0.4, -0.2) is 29.3 Å². The second-order valence-electron chi connectivity index (χ2n) is 6.70. The van der Waals surface area contributed by atoms with Crippen LogP contribution in [0.3, 0.4) is 0 Å². The molecule has 0 spiro atoms. The highest BCUT2D eigenvalue weighted by Gasteiger charge is 2.31. The summed E-state index contributed by atoms with van der Waals surface area (Å²) in [6.07, 6.45) is 2.50. The third kappa shape index (κ3) is 4.10. The van der Waals surface area contributed by atoms with E-state index in [0.29, 0.717) is 19.4 Å². The molecule has 2 aromatic rings. The van der Waals surface area contributed by atoms with Crippen LogP contribution in [0, 0.1) is 5.92 Å². The second kappa shape index (κ2) is 7.55. The van der Waals surface area contributed by atoms with Crippen LogP contribution in [0.2, 0.25) is 0 Å². The third-order valence-corrected chi connectivity index (χ3v) is 4.91. The second-order valence-corrected chi connectivity index (χ2v) is 6.70. The van der Waals surface area contributed by atoms with Gasteiger partial charge in [0.15, 0.2) is 0 Å². The molecule has 2 atom stereocenters. The largest absolute Gasteiger partial charge is 0.461 e. The number of carbonyl (C=O) groups is 2. The number of hydrogen-bond donors (Lipinski definition) is 1. The first kappa shape index (κ1) is 17.3. The van der Waals surface area contributed by atoms with E-state index in [9.17, 15) is 9.59 Å². The van der Waals surface area contributed by atoms with Crippen molar-refractivity contribution in [3.63, 3.8) is 0 Å². The molecule has 0 bridgehead atoms. The summed E-state index contributed by atoms with van der Waals surface area (Å²) < 4.78 is 5.85. The summed E-state index contributed by atoms with van der Waals surface area (Å²) in [4.78, 5) is 25.8. The van der Waals surface area contributed by atoms with E-state index in [-0.39, 0.29) is 23.8 Å². The number of furan rings is 1. The zero-order valence-electron chi connectivity index (χ0n) is 14.5. The number of piperidine rings is 1. The normalized spacial score (nSPS) is 20.4. The van der Waals surface area contributed by atoms with Crippen LogP contribution < -0.4 is 5.73 Å². The lowest BCUT2D eigenvalue weighted by Gasteiger charge is -2.37. The lowest BCUT2D eigenvalue weighted by molar-refractivity contribution is -0.137. The van der Waals surface area contributed by atoms with Crippen molar-refractivity contribution >= 4 is 11.8 Å². The molecule has 1 aromatic heterocycles. The first-order valence-corrected chi connectivity index (χ1v) is 8.77. The molecule has 132 valence electrons. The number of nitrogens with zero attached hydrogens (tertiary/aromatic N) is 1. The molecule has 1 fully saturated rings. The average molecular weight is 340 g/mol. The predicted octanol–water partition coefficient (Wildman–Crippen LogP) is 2.99. The maximum atomic E-state index is 12.6. The first-order valence-electron chi connectivity index (χ1n) is 8.77. The molecule has 3 rings (SSSR count). The minimum absolute atomic E-state index is 0.0520. The van der Waals surface area contributed by atoms with Gasteiger partial charge in [-0.25, -0.2) is 0 Å². The zero-order valence-corrected chi connectivity index (χ0v) is 14.5. The first-order chi connectivity index (χ1) is 12.0. The van der Waals surface area contributed by atoms with E-state index in [0.717, 1.165) is 29.9 Å². The van der Waals surface area contributed by atoms with Gasteiger partial charge in [0.25, 0.3) is 0 Å². The van der Waals surface area contributed by atoms with Gasteiger partial charge in [0, 0.05) is 31.0 Å². The van der Waals surface area contributed by atoms with Gasteiger partial charge in [-0.15, -0.1) is 0 Å². The Bertz CT molecular complexity index is 738. The molecule has 2 N–H and O–H groups in total. The van der Waals surface area contributed by atoms with E-state index < -0.39 is 0 Å². The van der Waals surface area contributed by atoms with Crippen molar-refractivity contribution in [2.24, 2.45) is 11.7 Å². The van der Waals surface area contributed by atoms with Crippen molar-refractivity contribution in [3.05, 3.63) is 48.2 Å². The summed E-state index contributed by atoms with van der Waals surface area (Å²) in [6, 6.07) is 13.9. The molecule has 1 aliphatic heterocycles. The molecule has 1 aliphatic rings. The Morgan fingerprint density at radius 3 is 2.64 bits per heavy atom. The van der Waals surface area contributed by atoms with E-state index in [1.807, 2.05) is 49.4 Å². The molecule has 2 heterocycles. The van der Waals surface area contributed by atoms with Crippen LogP contribution in [0.5, 0.6) is 0 Å². The Hall–Kier alpha value is -2.56. The van der Waals surface area contributed by atoms with Crippen molar-refractivity contribution in [1.29, 1.82) is 0 Å². The van der Waals surface area contributed by atoms with Gasteiger partial charge in [0.1, 0.15) is 11.5 Å². The molecular formula is C20H24N2O3. The SMILES string of the molecule is C[C@@H]1CC[C@H](C(N)=O)CN1C(=O)CCc1ccc(-c2ccccc2)o1. The number of benzene rings is 1. The van der Waals surface area contributed by atoms with Gasteiger partial charge >= 0.3 is 0 Å². The minimum atomic E-state index is -0.316. The highest BCUT2D eigenvalue weighted by molar-refractivity contribution is 5.80. The van der Waals surface area contributed by atoms with Crippen molar-refractivity contribution in [3.8, 4) is 11.3 Å². The van der Waals surface area contributed by atoms with E-state index >= 15 is 0 Å². The van der Waals surface area contributed by atoms with Gasteiger partial charge < -0.3 is 15.1 Å². The molecule has 25 heavy (non-hydrogen) atoms. The molecule has 2 amide bonds. The van der Waals surface area contributed by atoms with Gasteiger partial charge in [-0.2, -0.15) is 0 Å². The number of aryl methyl sites for hydroxylation is 1. The Balaban J connectivity index is 1.59. The van der Waals surface area contributed by atoms with Gasteiger partial charge in [0.05, 0.1) is 5.92 Å². The standard InChI is InChI=1S/C20H24N2O3/c1-14-7-8-16(20(21)24)13-22(14)19(23)12-10-17-9-11-18(25-17)15-5-3-2-4-6-15/h2-6,9,11,14,16H,7-8,10,12-13H2,1H3,(H2,21,24)/t14-,16+/m1/s1. The van der Waals surface area contributed by atoms with Crippen molar-refractivity contribution in [1.82, 2.24) is 4.90 Å². The number of primary amides is 1. The highest BCUT2D eigenvalue weighted by atomic mass is 16.3. The van der Waals surface area contributed by atoms with Crippen LogP contribution in [0.25, 0.3) is 11.3 Å². The lowest BCUT2D eigenvalue weighted by atomic mass is 9.92. The fraction of sp³-hybridized carbons (Fsp3) is 0.400. The van der Waals surface area contributed by atoms with Gasteiger partial charge in [-0.3, -0.25) is 9.59 Å². The Labute approximate surface area is 147 Å². The summed E-state index contributed by atoms with van der Waals surface area (Å²) in [5, 5.41) is 0. The Kier molecular flexibility index (Phi) is 5.22. The van der Waals surface area contributed by atoms with E-state index in [1.165, 1.54) is 0 Å². The van der Waals surface area contributed by atoms with Crippen LogP contribution in [0.15, 0.2) is 46.9 Å². The topological polar surface area (TPSA) is 76.5 Å². The maximum Gasteiger partial charge on any atom is 0.223 e. The van der Waals surface area contributed by atoms with Crippen LogP contribution >= 0.6 is 0 Å². The van der Waals surface area contributed by atoms with E-state index in [4.69, 9.17) is 10.2 Å². The summed E-state index contributed by atoms with van der Waals surface area (Å²) in [5.74, 6) is 1.11. The third-order valence-electron chi connectivity index (χ3n) is 4.91. The molecular weight excluding hydrogens is 316 g/mol. The lowest BCUT2D eigenvalue weighted by Crippen LogP contribution is -2.48. The van der Waals surface area contributed by atoms with Gasteiger partial charge in [-0.05, 0) is 31.9 Å². The molecule has 0 unspecified atom stereocenters. The highest BCUT2D eigenvalue weighted by Crippen LogP contribution is 2.25. The van der Waals surface area contributed by atoms with Gasteiger partial charge in [0.2, 0.25) is 11.8 Å². The van der Waals surface area contributed by atoms with Crippen molar-refractivity contribution in [2.75, 3.05) is 6.54 Å². The molecule has 0 saturated carbocycles. The smallest absolute Gasteiger partial charge is 0.223 e. The molecule has 5 heteroatoms. The zero-order chi connectivity index (χ0) is 17.8. The summed E-state index contributed by atoms with van der Waals surface area (Å²) >= 11 is 0. The summed E-state index contributed by atoms with van der Waals surface area (Å²) in [6.45, 7) is 2.46. The predicted molar refractivity (Wildman–Crippen MR) is 95.6 cm³/mol. The van der Waals surface area contributed by atoms with Gasteiger partial charge in [-0.1, -0.05) is 30.3 Å². The molecule has 0 aliphatic carbocycles. The summed E-state index contributed by atoms with van der Waals surface area (Å²) in [7, 11) is 0. The maximum absolute atomic E-state index is 12.6. The van der Waals surface area contributed by atoms with E-state index in [1.54, 1.807) is 4.90 Å². The number of likely N-dealkylation sites (tertiary alicyclic amines) is 1. The Morgan fingerprint density at radius 1 is 1.16 bits per heavy atom. The van der Waals surface area contributed by atoms with Crippen LogP contribution in [-0.2, 0) is 16.0 Å². The van der Waals surface area contributed by atoms with Crippen molar-refractivity contribution < 1.29 is 14.0 Å². The van der Waals surface area contributed by atoms with Crippen LogP contribution in [0.1, 0.15) is 31.9 Å². The molecule has 0 radical (unpaired) electrons. The molecule has 1 aromatic carbocycles. The monoisotopic (exact) mass is 340 g/mol. The number of amides is 2. The average Bonchev–Trinajstić information content (AvgIpc) is 3.09. The Morgan fingerprint density at radius 2 is 1.92 bits per heavy atom. The fourth-order valence-corrected chi connectivity index (χ4v) is 3.33. The molecule has 1 saturated heterocycles. The number of hydrogen-bond acceptors (Lipinski definition) is 3.